The SMILES string of the molecule is Cc1ccc2nc(NC(=O)c3ccc(Cl)cc3N)sc2c1. The Balaban J connectivity index is 1.89. The predicted molar refractivity (Wildman–Crippen MR) is 88.2 cm³/mol. The number of nitrogens with two attached hydrogens (primary N) is 1. The van der Waals surface area contributed by atoms with Crippen LogP contribution in [0.25, 0.3) is 10.2 Å². The van der Waals surface area contributed by atoms with Gasteiger partial charge in [-0.3, -0.25) is 10.1 Å². The van der Waals surface area contributed by atoms with Crippen molar-refractivity contribution < 1.29 is 4.79 Å². The molecule has 0 saturated heterocycles. The molecule has 21 heavy (non-hydrogen) atoms. The lowest BCUT2D eigenvalue weighted by Gasteiger charge is -2.05. The molecule has 2 aromatic carbocycles. The number of fused-ring (bicyclic) bond motifs is 1. The molecule has 0 aliphatic heterocycles. The van der Waals surface area contributed by atoms with E-state index in [1.165, 1.54) is 11.3 Å². The molecule has 0 unspecified atom stereocenters. The Hall–Kier alpha value is -2.11. The van der Waals surface area contributed by atoms with Gasteiger partial charge in [0.2, 0.25) is 0 Å². The summed E-state index contributed by atoms with van der Waals surface area (Å²) in [5.41, 5.74) is 8.56. The zero-order valence-corrected chi connectivity index (χ0v) is 12.8. The molecule has 0 saturated carbocycles. The molecule has 0 aliphatic rings. The Morgan fingerprint density at radius 2 is 2.10 bits per heavy atom. The number of aromatic nitrogens is 1. The molecule has 1 aromatic heterocycles. The van der Waals surface area contributed by atoms with Crippen LogP contribution in [0, 0.1) is 6.92 Å². The lowest BCUT2D eigenvalue weighted by atomic mass is 10.2. The number of rotatable bonds is 2. The van der Waals surface area contributed by atoms with Crippen molar-refractivity contribution in [2.45, 2.75) is 6.92 Å². The van der Waals surface area contributed by atoms with Crippen LogP contribution in [0.15, 0.2) is 36.4 Å². The molecule has 3 rings (SSSR count). The maximum atomic E-state index is 12.2. The van der Waals surface area contributed by atoms with E-state index in [1.807, 2.05) is 25.1 Å². The standard InChI is InChI=1S/C15H12ClN3OS/c1-8-2-5-12-13(6-8)21-15(18-12)19-14(20)10-4-3-9(16)7-11(10)17/h2-7H,17H2,1H3,(H,18,19,20). The summed E-state index contributed by atoms with van der Waals surface area (Å²) in [4.78, 5) is 16.6. The van der Waals surface area contributed by atoms with E-state index in [1.54, 1.807) is 18.2 Å². The third kappa shape index (κ3) is 2.84. The number of carbonyl (C=O) groups is 1. The highest BCUT2D eigenvalue weighted by Gasteiger charge is 2.13. The first-order valence-corrected chi connectivity index (χ1v) is 7.46. The fourth-order valence-corrected chi connectivity index (χ4v) is 3.13. The molecule has 0 bridgehead atoms. The van der Waals surface area contributed by atoms with Gasteiger partial charge >= 0.3 is 0 Å². The number of amides is 1. The monoisotopic (exact) mass is 317 g/mol. The van der Waals surface area contributed by atoms with Crippen molar-refractivity contribution in [2.24, 2.45) is 0 Å². The minimum Gasteiger partial charge on any atom is -0.398 e. The molecule has 1 heterocycles. The van der Waals surface area contributed by atoms with Crippen LogP contribution in [0.4, 0.5) is 10.8 Å². The molecule has 6 heteroatoms. The maximum Gasteiger partial charge on any atom is 0.259 e. The molecule has 1 amide bonds. The summed E-state index contributed by atoms with van der Waals surface area (Å²) < 4.78 is 1.04. The largest absolute Gasteiger partial charge is 0.398 e. The number of anilines is 2. The number of hydrogen-bond acceptors (Lipinski definition) is 4. The lowest BCUT2D eigenvalue weighted by Crippen LogP contribution is -2.13. The van der Waals surface area contributed by atoms with Crippen LogP contribution in [0.3, 0.4) is 0 Å². The summed E-state index contributed by atoms with van der Waals surface area (Å²) in [5, 5.41) is 3.82. The molecule has 0 radical (unpaired) electrons. The van der Waals surface area contributed by atoms with Gasteiger partial charge < -0.3 is 5.73 Å². The summed E-state index contributed by atoms with van der Waals surface area (Å²) in [6.07, 6.45) is 0. The van der Waals surface area contributed by atoms with Crippen molar-refractivity contribution >= 4 is 49.9 Å². The van der Waals surface area contributed by atoms with Crippen molar-refractivity contribution in [3.05, 3.63) is 52.5 Å². The Bertz CT molecular complexity index is 844. The predicted octanol–water partition coefficient (Wildman–Crippen LogP) is 4.09. The van der Waals surface area contributed by atoms with Crippen molar-refractivity contribution in [3.8, 4) is 0 Å². The van der Waals surface area contributed by atoms with E-state index in [4.69, 9.17) is 17.3 Å². The van der Waals surface area contributed by atoms with Gasteiger partial charge in [-0.2, -0.15) is 0 Å². The quantitative estimate of drug-likeness (QED) is 0.699. The van der Waals surface area contributed by atoms with Crippen LogP contribution in [0.2, 0.25) is 5.02 Å². The van der Waals surface area contributed by atoms with E-state index in [0.29, 0.717) is 21.4 Å². The Labute approximate surface area is 130 Å². The van der Waals surface area contributed by atoms with Crippen LogP contribution < -0.4 is 11.1 Å². The van der Waals surface area contributed by atoms with Gasteiger partial charge in [0.05, 0.1) is 15.8 Å². The highest BCUT2D eigenvalue weighted by Crippen LogP contribution is 2.27. The number of nitrogen functional groups attached to an aromatic ring is 1. The van der Waals surface area contributed by atoms with Gasteiger partial charge in [0.1, 0.15) is 0 Å². The number of halogens is 1. The topological polar surface area (TPSA) is 68.0 Å². The van der Waals surface area contributed by atoms with E-state index < -0.39 is 0 Å². The van der Waals surface area contributed by atoms with Crippen LogP contribution in [0.5, 0.6) is 0 Å². The van der Waals surface area contributed by atoms with E-state index in [0.717, 1.165) is 15.8 Å². The molecular formula is C15H12ClN3OS. The normalized spacial score (nSPS) is 10.8. The summed E-state index contributed by atoms with van der Waals surface area (Å²) in [7, 11) is 0. The summed E-state index contributed by atoms with van der Waals surface area (Å²) in [6.45, 7) is 2.02. The Morgan fingerprint density at radius 3 is 2.86 bits per heavy atom. The number of benzene rings is 2. The van der Waals surface area contributed by atoms with Crippen molar-refractivity contribution in [1.82, 2.24) is 4.98 Å². The number of nitrogens with zero attached hydrogens (tertiary/aromatic N) is 1. The molecule has 0 fully saturated rings. The number of nitrogens with one attached hydrogen (secondary N) is 1. The van der Waals surface area contributed by atoms with Gasteiger partial charge in [-0.1, -0.05) is 29.0 Å². The van der Waals surface area contributed by atoms with E-state index in [9.17, 15) is 4.79 Å². The molecule has 0 spiro atoms. The lowest BCUT2D eigenvalue weighted by molar-refractivity contribution is 0.102. The Morgan fingerprint density at radius 1 is 1.29 bits per heavy atom. The van der Waals surface area contributed by atoms with Gasteiger partial charge in [0.15, 0.2) is 5.13 Å². The number of carbonyl (C=O) groups excluding carboxylic acids is 1. The van der Waals surface area contributed by atoms with Crippen molar-refractivity contribution in [3.63, 3.8) is 0 Å². The molecule has 106 valence electrons. The number of aryl methyl sites for hydroxylation is 1. The number of thiazole rings is 1. The van der Waals surface area contributed by atoms with Crippen LogP contribution in [-0.2, 0) is 0 Å². The fourth-order valence-electron chi connectivity index (χ4n) is 1.99. The molecular weight excluding hydrogens is 306 g/mol. The van der Waals surface area contributed by atoms with Gasteiger partial charge in [0, 0.05) is 10.7 Å². The Kier molecular flexibility index (Phi) is 3.53. The van der Waals surface area contributed by atoms with Crippen molar-refractivity contribution in [2.75, 3.05) is 11.1 Å². The summed E-state index contributed by atoms with van der Waals surface area (Å²) in [6, 6.07) is 10.8. The minimum atomic E-state index is -0.292. The first-order valence-electron chi connectivity index (χ1n) is 6.26. The number of hydrogen-bond donors (Lipinski definition) is 2. The zero-order chi connectivity index (χ0) is 15.0. The van der Waals surface area contributed by atoms with Gasteiger partial charge in [0.25, 0.3) is 5.91 Å². The second-order valence-electron chi connectivity index (χ2n) is 4.68. The smallest absolute Gasteiger partial charge is 0.259 e. The molecule has 4 nitrogen and oxygen atoms in total. The van der Waals surface area contributed by atoms with Crippen molar-refractivity contribution in [1.29, 1.82) is 0 Å². The second kappa shape index (κ2) is 5.35. The zero-order valence-electron chi connectivity index (χ0n) is 11.2. The van der Waals surface area contributed by atoms with Crippen LogP contribution >= 0.6 is 22.9 Å². The van der Waals surface area contributed by atoms with E-state index in [2.05, 4.69) is 10.3 Å². The minimum absolute atomic E-state index is 0.292. The average molecular weight is 318 g/mol. The second-order valence-corrected chi connectivity index (χ2v) is 6.14. The van der Waals surface area contributed by atoms with Crippen LogP contribution in [0.1, 0.15) is 15.9 Å². The molecule has 3 N–H and O–H groups in total. The first kappa shape index (κ1) is 13.9. The van der Waals surface area contributed by atoms with Gasteiger partial charge in [-0.05, 0) is 42.8 Å². The molecule has 0 atom stereocenters. The maximum absolute atomic E-state index is 12.2. The van der Waals surface area contributed by atoms with Gasteiger partial charge in [-0.25, -0.2) is 4.98 Å². The summed E-state index contributed by atoms with van der Waals surface area (Å²) in [5.74, 6) is -0.292. The fraction of sp³-hybridized carbons (Fsp3) is 0.0667. The highest BCUT2D eigenvalue weighted by atomic mass is 35.5. The van der Waals surface area contributed by atoms with Gasteiger partial charge in [-0.15, -0.1) is 0 Å². The van der Waals surface area contributed by atoms with E-state index >= 15 is 0 Å². The molecule has 3 aromatic rings. The highest BCUT2D eigenvalue weighted by molar-refractivity contribution is 7.22. The average Bonchev–Trinajstić information content (AvgIpc) is 2.79. The summed E-state index contributed by atoms with van der Waals surface area (Å²) >= 11 is 7.26. The van der Waals surface area contributed by atoms with E-state index in [-0.39, 0.29) is 5.91 Å². The first-order chi connectivity index (χ1) is 10.0. The third-order valence-corrected chi connectivity index (χ3v) is 4.19. The van der Waals surface area contributed by atoms with Crippen LogP contribution in [-0.4, -0.2) is 10.9 Å². The third-order valence-electron chi connectivity index (χ3n) is 3.02. The molecule has 0 aliphatic carbocycles.